The average Bonchev–Trinajstić information content (AvgIpc) is 3.15. The smallest absolute Gasteiger partial charge is 0.255 e. The second-order valence-electron chi connectivity index (χ2n) is 7.01. The Hall–Kier alpha value is -4.37. The number of hydrogen-bond acceptors (Lipinski definition) is 4. The van der Waals surface area contributed by atoms with Gasteiger partial charge in [0.2, 0.25) is 0 Å². The highest BCUT2D eigenvalue weighted by Crippen LogP contribution is 2.24. The molecule has 2 aromatic heterocycles. The number of nitrogens with zero attached hydrogens (tertiary/aromatic N) is 3. The third-order valence-electron chi connectivity index (χ3n) is 4.63. The van der Waals surface area contributed by atoms with Crippen LogP contribution in [-0.2, 0) is 13.5 Å². The molecule has 0 radical (unpaired) electrons. The first-order chi connectivity index (χ1) is 15.1. The van der Waals surface area contributed by atoms with Gasteiger partial charge in [-0.1, -0.05) is 42.2 Å². The first-order valence-electron chi connectivity index (χ1n) is 9.79. The molecule has 31 heavy (non-hydrogen) atoms. The molecule has 0 aliphatic carbocycles. The van der Waals surface area contributed by atoms with Crippen molar-refractivity contribution < 1.29 is 4.79 Å². The van der Waals surface area contributed by atoms with Crippen LogP contribution in [0.1, 0.15) is 21.5 Å². The van der Waals surface area contributed by atoms with E-state index in [9.17, 15) is 4.79 Å². The predicted octanol–water partition coefficient (Wildman–Crippen LogP) is 3.91. The van der Waals surface area contributed by atoms with Crippen LogP contribution in [0.15, 0.2) is 79.1 Å². The number of nitrogens with two attached hydrogens (primary N) is 1. The minimum Gasteiger partial charge on any atom is -0.397 e. The van der Waals surface area contributed by atoms with E-state index in [0.29, 0.717) is 29.1 Å². The first-order valence-corrected chi connectivity index (χ1v) is 9.79. The fourth-order valence-electron chi connectivity index (χ4n) is 3.16. The van der Waals surface area contributed by atoms with Crippen molar-refractivity contribution in [3.05, 3.63) is 95.8 Å². The van der Waals surface area contributed by atoms with Gasteiger partial charge in [-0.25, -0.2) is 0 Å². The number of amides is 1. The van der Waals surface area contributed by atoms with Gasteiger partial charge in [-0.05, 0) is 42.0 Å². The molecule has 0 aliphatic heterocycles. The van der Waals surface area contributed by atoms with Gasteiger partial charge in [-0.2, -0.15) is 5.10 Å². The lowest BCUT2D eigenvalue weighted by Crippen LogP contribution is -2.11. The summed E-state index contributed by atoms with van der Waals surface area (Å²) in [6.07, 6.45) is 4.07. The molecule has 3 N–H and O–H groups in total. The Balaban J connectivity index is 1.50. The summed E-state index contributed by atoms with van der Waals surface area (Å²) >= 11 is 0. The highest BCUT2D eigenvalue weighted by Gasteiger charge is 2.12. The number of nitrogens with one attached hydrogen (secondary N) is 1. The van der Waals surface area contributed by atoms with Gasteiger partial charge in [0.05, 0.1) is 11.3 Å². The fourth-order valence-corrected chi connectivity index (χ4v) is 3.16. The Bertz CT molecular complexity index is 1280. The van der Waals surface area contributed by atoms with Crippen LogP contribution in [0.5, 0.6) is 0 Å². The summed E-state index contributed by atoms with van der Waals surface area (Å²) in [6, 6.07) is 20.4. The van der Waals surface area contributed by atoms with Gasteiger partial charge in [-0.15, -0.1) is 0 Å². The Labute approximate surface area is 180 Å². The number of anilines is 2. The maximum Gasteiger partial charge on any atom is 0.255 e. The van der Waals surface area contributed by atoms with Crippen molar-refractivity contribution in [2.24, 2.45) is 7.05 Å². The number of aromatic nitrogens is 3. The maximum absolute atomic E-state index is 12.4. The molecule has 0 atom stereocenters. The number of carbonyl (C=O) groups is 1. The second kappa shape index (κ2) is 8.97. The van der Waals surface area contributed by atoms with Crippen LogP contribution in [0.4, 0.5) is 11.4 Å². The van der Waals surface area contributed by atoms with Crippen molar-refractivity contribution in [1.29, 1.82) is 0 Å². The van der Waals surface area contributed by atoms with E-state index in [1.165, 1.54) is 0 Å². The predicted molar refractivity (Wildman–Crippen MR) is 122 cm³/mol. The van der Waals surface area contributed by atoms with E-state index in [0.717, 1.165) is 16.8 Å². The lowest BCUT2D eigenvalue weighted by Gasteiger charge is -2.06. The molecule has 2 aromatic carbocycles. The SMILES string of the molecule is Cn1cc(C#CCc2cccc(NC(=O)c3ccccc3)c2)c(-c2ncccc2N)n1. The van der Waals surface area contributed by atoms with Crippen molar-refractivity contribution in [1.82, 2.24) is 14.8 Å². The van der Waals surface area contributed by atoms with Crippen molar-refractivity contribution in [3.63, 3.8) is 0 Å². The highest BCUT2D eigenvalue weighted by atomic mass is 16.1. The molecule has 0 aliphatic rings. The summed E-state index contributed by atoms with van der Waals surface area (Å²) in [6.45, 7) is 0. The van der Waals surface area contributed by atoms with E-state index >= 15 is 0 Å². The topological polar surface area (TPSA) is 85.8 Å². The molecule has 0 fully saturated rings. The molecule has 0 saturated heterocycles. The van der Waals surface area contributed by atoms with E-state index in [2.05, 4.69) is 27.2 Å². The van der Waals surface area contributed by atoms with Gasteiger partial charge in [0.15, 0.2) is 0 Å². The lowest BCUT2D eigenvalue weighted by atomic mass is 10.1. The van der Waals surface area contributed by atoms with Crippen LogP contribution in [0.3, 0.4) is 0 Å². The van der Waals surface area contributed by atoms with Crippen LogP contribution in [0.2, 0.25) is 0 Å². The van der Waals surface area contributed by atoms with Gasteiger partial charge in [0.25, 0.3) is 5.91 Å². The zero-order valence-electron chi connectivity index (χ0n) is 17.0. The van der Waals surface area contributed by atoms with E-state index in [1.807, 2.05) is 55.7 Å². The van der Waals surface area contributed by atoms with Crippen LogP contribution >= 0.6 is 0 Å². The van der Waals surface area contributed by atoms with Gasteiger partial charge in [-0.3, -0.25) is 14.5 Å². The summed E-state index contributed by atoms with van der Waals surface area (Å²) in [5.41, 5.74) is 11.0. The van der Waals surface area contributed by atoms with Crippen LogP contribution < -0.4 is 11.1 Å². The number of nitrogen functional groups attached to an aromatic ring is 1. The number of benzene rings is 2. The lowest BCUT2D eigenvalue weighted by molar-refractivity contribution is 0.102. The molecule has 4 aromatic rings. The molecule has 152 valence electrons. The van der Waals surface area contributed by atoms with E-state index in [4.69, 9.17) is 5.73 Å². The molecule has 0 saturated carbocycles. The normalized spacial score (nSPS) is 10.2. The van der Waals surface area contributed by atoms with Crippen molar-refractivity contribution in [2.45, 2.75) is 6.42 Å². The van der Waals surface area contributed by atoms with Gasteiger partial charge in [0.1, 0.15) is 11.4 Å². The number of aryl methyl sites for hydroxylation is 1. The summed E-state index contributed by atoms with van der Waals surface area (Å²) in [5, 5.41) is 7.39. The van der Waals surface area contributed by atoms with Crippen LogP contribution in [0.25, 0.3) is 11.4 Å². The summed E-state index contributed by atoms with van der Waals surface area (Å²) in [5.74, 6) is 6.22. The zero-order valence-corrected chi connectivity index (χ0v) is 17.0. The second-order valence-corrected chi connectivity index (χ2v) is 7.01. The molecule has 0 spiro atoms. The van der Waals surface area contributed by atoms with Crippen LogP contribution in [0, 0.1) is 11.8 Å². The monoisotopic (exact) mass is 407 g/mol. The van der Waals surface area contributed by atoms with Crippen molar-refractivity contribution >= 4 is 17.3 Å². The molecule has 0 bridgehead atoms. The van der Waals surface area contributed by atoms with Gasteiger partial charge in [0, 0.05) is 37.1 Å². The van der Waals surface area contributed by atoms with Crippen molar-refractivity contribution in [2.75, 3.05) is 11.1 Å². The summed E-state index contributed by atoms with van der Waals surface area (Å²) in [7, 11) is 1.84. The molecule has 0 unspecified atom stereocenters. The van der Waals surface area contributed by atoms with Gasteiger partial charge >= 0.3 is 0 Å². The largest absolute Gasteiger partial charge is 0.397 e. The Morgan fingerprint density at radius 3 is 2.71 bits per heavy atom. The Kier molecular flexibility index (Phi) is 5.77. The summed E-state index contributed by atoms with van der Waals surface area (Å²) in [4.78, 5) is 16.7. The van der Waals surface area contributed by atoms with E-state index in [1.54, 1.807) is 35.1 Å². The molecular formula is C25H21N5O. The minimum atomic E-state index is -0.142. The molecular weight excluding hydrogens is 386 g/mol. The fraction of sp³-hybridized carbons (Fsp3) is 0.0800. The zero-order chi connectivity index (χ0) is 21.6. The average molecular weight is 407 g/mol. The number of carbonyl (C=O) groups excluding carboxylic acids is 1. The Morgan fingerprint density at radius 2 is 1.90 bits per heavy atom. The molecule has 4 rings (SSSR count). The summed E-state index contributed by atoms with van der Waals surface area (Å²) < 4.78 is 1.70. The van der Waals surface area contributed by atoms with E-state index < -0.39 is 0 Å². The molecule has 6 heteroatoms. The maximum atomic E-state index is 12.4. The molecule has 6 nitrogen and oxygen atoms in total. The third kappa shape index (κ3) is 4.80. The number of pyridine rings is 1. The number of rotatable bonds is 4. The third-order valence-corrected chi connectivity index (χ3v) is 4.63. The molecule has 2 heterocycles. The quantitative estimate of drug-likeness (QED) is 0.502. The standard InChI is InChI=1S/C25H21N5O/c1-30-17-20(23(29-30)24-22(26)14-7-15-27-24)12-5-8-18-9-6-13-21(16-18)28-25(31)19-10-3-2-4-11-19/h2-4,6-7,9-11,13-17H,8,26H2,1H3,(H,28,31). The van der Waals surface area contributed by atoms with Gasteiger partial charge < -0.3 is 11.1 Å². The number of hydrogen-bond donors (Lipinski definition) is 2. The van der Waals surface area contributed by atoms with Crippen LogP contribution in [-0.4, -0.2) is 20.7 Å². The minimum absolute atomic E-state index is 0.142. The molecule has 1 amide bonds. The van der Waals surface area contributed by atoms with E-state index in [-0.39, 0.29) is 5.91 Å². The Morgan fingerprint density at radius 1 is 1.06 bits per heavy atom. The van der Waals surface area contributed by atoms with Crippen molar-refractivity contribution in [3.8, 4) is 23.2 Å². The first kappa shape index (κ1) is 19.9. The highest BCUT2D eigenvalue weighted by molar-refractivity contribution is 6.04.